The van der Waals surface area contributed by atoms with E-state index in [9.17, 15) is 5.11 Å². The highest BCUT2D eigenvalue weighted by molar-refractivity contribution is 7.16. The lowest BCUT2D eigenvalue weighted by Crippen LogP contribution is -2.27. The van der Waals surface area contributed by atoms with Crippen molar-refractivity contribution in [3.05, 3.63) is 47.4 Å². The minimum atomic E-state index is 0.0807. The van der Waals surface area contributed by atoms with E-state index in [0.717, 1.165) is 33.8 Å². The van der Waals surface area contributed by atoms with Crippen LogP contribution in [0, 0.1) is 0 Å². The normalized spacial score (nSPS) is 11.0. The van der Waals surface area contributed by atoms with Crippen LogP contribution in [-0.2, 0) is 13.0 Å². The maximum Gasteiger partial charge on any atom is 0.141 e. The summed E-state index contributed by atoms with van der Waals surface area (Å²) in [5, 5.41) is 12.5. The predicted molar refractivity (Wildman–Crippen MR) is 89.2 cm³/mol. The van der Waals surface area contributed by atoms with Crippen molar-refractivity contribution in [2.45, 2.75) is 19.9 Å². The molecule has 0 radical (unpaired) electrons. The van der Waals surface area contributed by atoms with E-state index < -0.39 is 0 Å². The van der Waals surface area contributed by atoms with Crippen molar-refractivity contribution in [3.8, 4) is 0 Å². The van der Waals surface area contributed by atoms with E-state index in [4.69, 9.17) is 4.98 Å². The monoisotopic (exact) mass is 314 g/mol. The van der Waals surface area contributed by atoms with Crippen LogP contribution >= 0.6 is 11.3 Å². The fraction of sp³-hybridized carbons (Fsp3) is 0.312. The quantitative estimate of drug-likeness (QED) is 0.758. The summed E-state index contributed by atoms with van der Waals surface area (Å²) < 4.78 is 0. The number of anilines is 1. The smallest absolute Gasteiger partial charge is 0.141 e. The Morgan fingerprint density at radius 3 is 2.91 bits per heavy atom. The molecule has 3 aromatic heterocycles. The fourth-order valence-corrected chi connectivity index (χ4v) is 3.15. The van der Waals surface area contributed by atoms with E-state index in [1.54, 1.807) is 17.5 Å². The maximum absolute atomic E-state index is 9.43. The predicted octanol–water partition coefficient (Wildman–Crippen LogP) is 2.65. The highest BCUT2D eigenvalue weighted by atomic mass is 32.1. The average Bonchev–Trinajstić information content (AvgIpc) is 3.03. The number of aryl methyl sites for hydroxylation is 1. The molecule has 5 nitrogen and oxygen atoms in total. The topological polar surface area (TPSA) is 62.1 Å². The molecule has 3 rings (SSSR count). The van der Waals surface area contributed by atoms with Gasteiger partial charge in [-0.3, -0.25) is 4.98 Å². The molecule has 0 atom stereocenters. The molecule has 0 saturated carbocycles. The molecule has 0 unspecified atom stereocenters. The van der Waals surface area contributed by atoms with Crippen molar-refractivity contribution >= 4 is 27.4 Å². The molecule has 0 spiro atoms. The molecule has 3 aromatic rings. The lowest BCUT2D eigenvalue weighted by atomic mass is 10.2. The number of rotatable bonds is 6. The van der Waals surface area contributed by atoms with Gasteiger partial charge >= 0.3 is 0 Å². The van der Waals surface area contributed by atoms with Crippen LogP contribution in [0.4, 0.5) is 5.82 Å². The third kappa shape index (κ3) is 3.08. The summed E-state index contributed by atoms with van der Waals surface area (Å²) >= 11 is 1.62. The number of aliphatic hydroxyl groups excluding tert-OH is 1. The number of fused-ring (bicyclic) bond motifs is 1. The van der Waals surface area contributed by atoms with Crippen LogP contribution in [-0.4, -0.2) is 33.2 Å². The molecule has 0 aliphatic heterocycles. The zero-order valence-corrected chi connectivity index (χ0v) is 13.3. The molecule has 0 aromatic carbocycles. The van der Waals surface area contributed by atoms with Gasteiger partial charge in [0.2, 0.25) is 0 Å². The Balaban J connectivity index is 2.02. The number of thiophene rings is 1. The Bertz CT molecular complexity index is 744. The second kappa shape index (κ2) is 6.81. The van der Waals surface area contributed by atoms with E-state index in [1.807, 2.05) is 29.8 Å². The highest BCUT2D eigenvalue weighted by Gasteiger charge is 2.15. The van der Waals surface area contributed by atoms with Crippen LogP contribution in [0.25, 0.3) is 10.2 Å². The SMILES string of the molecule is CCc1nc(N(CCO)Cc2cccnc2)c2ccsc2n1. The van der Waals surface area contributed by atoms with Crippen molar-refractivity contribution in [2.24, 2.45) is 0 Å². The fourth-order valence-electron chi connectivity index (χ4n) is 2.37. The van der Waals surface area contributed by atoms with Crippen LogP contribution in [0.2, 0.25) is 0 Å². The van der Waals surface area contributed by atoms with Gasteiger partial charge in [-0.1, -0.05) is 13.0 Å². The molecule has 0 aliphatic rings. The Hall–Kier alpha value is -2.05. The molecule has 3 heterocycles. The van der Waals surface area contributed by atoms with Gasteiger partial charge in [-0.25, -0.2) is 9.97 Å². The molecule has 6 heteroatoms. The number of pyridine rings is 1. The van der Waals surface area contributed by atoms with Gasteiger partial charge in [0.05, 0.1) is 12.0 Å². The van der Waals surface area contributed by atoms with Gasteiger partial charge in [0.1, 0.15) is 16.5 Å². The lowest BCUT2D eigenvalue weighted by Gasteiger charge is -2.24. The van der Waals surface area contributed by atoms with Crippen LogP contribution < -0.4 is 4.90 Å². The minimum absolute atomic E-state index is 0.0807. The van der Waals surface area contributed by atoms with Crippen LogP contribution in [0.5, 0.6) is 0 Å². The molecule has 0 fully saturated rings. The average molecular weight is 314 g/mol. The Kier molecular flexibility index (Phi) is 4.60. The number of hydrogen-bond acceptors (Lipinski definition) is 6. The molecule has 0 bridgehead atoms. The van der Waals surface area contributed by atoms with Crippen LogP contribution in [0.15, 0.2) is 36.0 Å². The number of hydrogen-bond donors (Lipinski definition) is 1. The van der Waals surface area contributed by atoms with Crippen molar-refractivity contribution in [1.82, 2.24) is 15.0 Å². The van der Waals surface area contributed by atoms with Crippen molar-refractivity contribution in [2.75, 3.05) is 18.1 Å². The first-order valence-corrected chi connectivity index (χ1v) is 8.18. The van der Waals surface area contributed by atoms with E-state index in [2.05, 4.69) is 21.8 Å². The van der Waals surface area contributed by atoms with Crippen molar-refractivity contribution in [1.29, 1.82) is 0 Å². The summed E-state index contributed by atoms with van der Waals surface area (Å²) in [5.41, 5.74) is 1.09. The number of nitrogens with zero attached hydrogens (tertiary/aromatic N) is 4. The van der Waals surface area contributed by atoms with Gasteiger partial charge in [0.15, 0.2) is 0 Å². The molecular weight excluding hydrogens is 296 g/mol. The number of aliphatic hydroxyl groups is 1. The van der Waals surface area contributed by atoms with Gasteiger partial charge in [0.25, 0.3) is 0 Å². The first kappa shape index (κ1) is 14.9. The van der Waals surface area contributed by atoms with Gasteiger partial charge in [-0.05, 0) is 23.1 Å². The van der Waals surface area contributed by atoms with Gasteiger partial charge in [-0.15, -0.1) is 11.3 Å². The van der Waals surface area contributed by atoms with E-state index in [0.29, 0.717) is 13.1 Å². The third-order valence-electron chi connectivity index (χ3n) is 3.43. The number of aromatic nitrogens is 3. The van der Waals surface area contributed by atoms with E-state index in [1.165, 1.54) is 0 Å². The Labute approximate surface area is 133 Å². The van der Waals surface area contributed by atoms with Crippen LogP contribution in [0.1, 0.15) is 18.3 Å². The highest BCUT2D eigenvalue weighted by Crippen LogP contribution is 2.28. The van der Waals surface area contributed by atoms with Crippen LogP contribution in [0.3, 0.4) is 0 Å². The molecule has 1 N–H and O–H groups in total. The maximum atomic E-state index is 9.43. The molecule has 0 aliphatic carbocycles. The summed E-state index contributed by atoms with van der Waals surface area (Å²) in [7, 11) is 0. The summed E-state index contributed by atoms with van der Waals surface area (Å²) in [6.07, 6.45) is 4.40. The standard InChI is InChI=1S/C16H18N4OS/c1-2-14-18-15(13-5-9-22-16(13)19-14)20(7-8-21)11-12-4-3-6-17-10-12/h3-6,9-10,21H,2,7-8,11H2,1H3. The molecule has 0 saturated heterocycles. The Morgan fingerprint density at radius 2 is 2.18 bits per heavy atom. The third-order valence-corrected chi connectivity index (χ3v) is 4.24. The lowest BCUT2D eigenvalue weighted by molar-refractivity contribution is 0.301. The Morgan fingerprint density at radius 1 is 1.27 bits per heavy atom. The molecule has 114 valence electrons. The van der Waals surface area contributed by atoms with Gasteiger partial charge in [-0.2, -0.15) is 0 Å². The first-order valence-electron chi connectivity index (χ1n) is 7.30. The van der Waals surface area contributed by atoms with Crippen molar-refractivity contribution < 1.29 is 5.11 Å². The summed E-state index contributed by atoms with van der Waals surface area (Å²) in [6.45, 7) is 3.33. The van der Waals surface area contributed by atoms with E-state index in [-0.39, 0.29) is 6.61 Å². The van der Waals surface area contributed by atoms with Gasteiger partial charge < -0.3 is 10.0 Å². The summed E-state index contributed by atoms with van der Waals surface area (Å²) in [6, 6.07) is 6.00. The summed E-state index contributed by atoms with van der Waals surface area (Å²) in [5.74, 6) is 1.72. The first-order chi connectivity index (χ1) is 10.8. The molecule has 0 amide bonds. The summed E-state index contributed by atoms with van der Waals surface area (Å²) in [4.78, 5) is 16.5. The van der Waals surface area contributed by atoms with Crippen molar-refractivity contribution in [3.63, 3.8) is 0 Å². The minimum Gasteiger partial charge on any atom is -0.395 e. The molecule has 22 heavy (non-hydrogen) atoms. The largest absolute Gasteiger partial charge is 0.395 e. The van der Waals surface area contributed by atoms with E-state index >= 15 is 0 Å². The second-order valence-corrected chi connectivity index (χ2v) is 5.86. The zero-order valence-electron chi connectivity index (χ0n) is 12.4. The zero-order chi connectivity index (χ0) is 15.4. The van der Waals surface area contributed by atoms with Gasteiger partial charge in [0, 0.05) is 31.9 Å². The molecular formula is C16H18N4OS. The second-order valence-electron chi connectivity index (χ2n) is 4.96.